The molecule has 0 aromatic heterocycles. The third kappa shape index (κ3) is 64.1. The summed E-state index contributed by atoms with van der Waals surface area (Å²) < 4.78 is 32.8. The molecule has 0 unspecified atom stereocenters. The van der Waals surface area contributed by atoms with E-state index in [4.69, 9.17) is 17.5 Å². The molecule has 0 heterocycles. The number of rotatable bonds is 4. The van der Waals surface area contributed by atoms with Crippen LogP contribution < -0.4 is 29.6 Å². The van der Waals surface area contributed by atoms with Gasteiger partial charge >= 0.3 is 29.6 Å². The Morgan fingerprint density at radius 3 is 1.92 bits per heavy atom. The van der Waals surface area contributed by atoms with Gasteiger partial charge in [0.1, 0.15) is 0 Å². The van der Waals surface area contributed by atoms with Crippen LogP contribution in [0.5, 0.6) is 0 Å². The van der Waals surface area contributed by atoms with E-state index in [2.05, 4.69) is 13.8 Å². The van der Waals surface area contributed by atoms with E-state index in [-0.39, 0.29) is 29.6 Å². The maximum absolute atomic E-state index is 8.63. The molecule has 13 heavy (non-hydrogen) atoms. The number of unbranched alkanes of at least 4 members (excludes halogenated alkanes) is 4. The molecular formula is C7H16NaO4S-. The molecule has 0 radical (unpaired) electrons. The molecule has 4 nitrogen and oxygen atoms in total. The van der Waals surface area contributed by atoms with E-state index in [1.807, 2.05) is 0 Å². The number of hydrogen-bond donors (Lipinski definition) is 1. The average Bonchev–Trinajstić information content (AvgIpc) is 1.85. The third-order valence-corrected chi connectivity index (χ3v) is 1.10. The second-order valence-electron chi connectivity index (χ2n) is 2.34. The summed E-state index contributed by atoms with van der Waals surface area (Å²) in [6, 6.07) is 0. The van der Waals surface area contributed by atoms with Crippen LogP contribution >= 0.6 is 0 Å². The van der Waals surface area contributed by atoms with Crippen LogP contribution in [0.2, 0.25) is 0 Å². The average molecular weight is 219 g/mol. The summed E-state index contributed by atoms with van der Waals surface area (Å²) in [5.41, 5.74) is 0. The molecule has 0 bridgehead atoms. The molecule has 0 amide bonds. The van der Waals surface area contributed by atoms with Crippen LogP contribution in [0, 0.1) is 6.92 Å². The van der Waals surface area contributed by atoms with Crippen molar-refractivity contribution in [2.45, 2.75) is 39.0 Å². The molecule has 0 saturated carbocycles. The van der Waals surface area contributed by atoms with Gasteiger partial charge in [-0.15, -0.1) is 0 Å². The van der Waals surface area contributed by atoms with Gasteiger partial charge in [0, 0.05) is 0 Å². The summed E-state index contributed by atoms with van der Waals surface area (Å²) >= 11 is 0. The Morgan fingerprint density at radius 1 is 1.31 bits per heavy atom. The van der Waals surface area contributed by atoms with Crippen molar-refractivity contribution < 1.29 is 47.1 Å². The van der Waals surface area contributed by atoms with E-state index in [9.17, 15) is 0 Å². The van der Waals surface area contributed by atoms with Gasteiger partial charge < -0.3 is 11.5 Å². The Bertz CT molecular complexity index is 155. The molecule has 0 aliphatic heterocycles. The van der Waals surface area contributed by atoms with Crippen molar-refractivity contribution in [1.29, 1.82) is 0 Å². The van der Waals surface area contributed by atoms with Crippen LogP contribution in [0.4, 0.5) is 0 Å². The van der Waals surface area contributed by atoms with Crippen molar-refractivity contribution >= 4 is 10.4 Å². The van der Waals surface area contributed by atoms with Crippen LogP contribution in [0.25, 0.3) is 0 Å². The zero-order valence-corrected chi connectivity index (χ0v) is 11.1. The van der Waals surface area contributed by atoms with Crippen LogP contribution in [0.1, 0.15) is 39.0 Å². The van der Waals surface area contributed by atoms with Crippen LogP contribution in [-0.4, -0.2) is 17.5 Å². The number of hydrogen-bond acceptors (Lipinski definition) is 3. The molecule has 0 aromatic carbocycles. The molecule has 1 N–H and O–H groups in total. The van der Waals surface area contributed by atoms with Gasteiger partial charge in [-0.2, -0.15) is 6.42 Å². The van der Waals surface area contributed by atoms with E-state index in [0.29, 0.717) is 0 Å². The second kappa shape index (κ2) is 12.9. The van der Waals surface area contributed by atoms with Gasteiger partial charge in [-0.1, -0.05) is 32.6 Å². The standard InChI is InChI=1S/C7H15.Na.H2O4S/c1-3-5-7-6-4-2;;1-5(2,3)4/h1,3-7H2,2H3;;(H2,1,2,3,4)/q-1;+1;/p-1. The molecule has 0 saturated heterocycles. The fourth-order valence-corrected chi connectivity index (χ4v) is 0.604. The van der Waals surface area contributed by atoms with Crippen molar-refractivity contribution in [2.75, 3.05) is 0 Å². The summed E-state index contributed by atoms with van der Waals surface area (Å²) in [7, 11) is -4.92. The predicted octanol–water partition coefficient (Wildman–Crippen LogP) is -1.20. The summed E-state index contributed by atoms with van der Waals surface area (Å²) in [4.78, 5) is 0. The minimum Gasteiger partial charge on any atom is -0.726 e. The minimum atomic E-state index is -4.92. The van der Waals surface area contributed by atoms with E-state index in [0.717, 1.165) is 6.42 Å². The summed E-state index contributed by atoms with van der Waals surface area (Å²) in [6.07, 6.45) is 6.52. The quantitative estimate of drug-likeness (QED) is 0.212. The largest absolute Gasteiger partial charge is 1.00 e. The van der Waals surface area contributed by atoms with E-state index in [1.54, 1.807) is 0 Å². The zero-order chi connectivity index (χ0) is 10.0. The van der Waals surface area contributed by atoms with Gasteiger partial charge in [0.05, 0.1) is 0 Å². The van der Waals surface area contributed by atoms with Gasteiger partial charge in [-0.05, 0) is 0 Å². The first-order valence-corrected chi connectivity index (χ1v) is 5.25. The van der Waals surface area contributed by atoms with Crippen LogP contribution in [0.3, 0.4) is 0 Å². The first-order valence-electron chi connectivity index (χ1n) is 3.89. The molecule has 0 aliphatic carbocycles. The van der Waals surface area contributed by atoms with Gasteiger partial charge in [-0.3, -0.25) is 4.55 Å². The SMILES string of the molecule is O=S(=O)([O-])O.[CH2-]CCCCCC.[Na+]. The molecular weight excluding hydrogens is 203 g/mol. The topological polar surface area (TPSA) is 77.4 Å². The maximum Gasteiger partial charge on any atom is 1.00 e. The Labute approximate surface area is 103 Å². The van der Waals surface area contributed by atoms with Crippen molar-refractivity contribution in [3.8, 4) is 0 Å². The molecule has 0 aromatic rings. The molecule has 0 atom stereocenters. The van der Waals surface area contributed by atoms with Gasteiger partial charge in [0.2, 0.25) is 10.4 Å². The summed E-state index contributed by atoms with van der Waals surface area (Å²) in [5.74, 6) is 0. The Hall–Kier alpha value is 0.870. The Morgan fingerprint density at radius 2 is 1.69 bits per heavy atom. The normalized spacial score (nSPS) is 9.54. The van der Waals surface area contributed by atoms with Crippen molar-refractivity contribution in [1.82, 2.24) is 0 Å². The predicted molar refractivity (Wildman–Crippen MR) is 46.4 cm³/mol. The first kappa shape index (κ1) is 19.4. The fourth-order valence-electron chi connectivity index (χ4n) is 0.604. The molecule has 0 aliphatic rings. The van der Waals surface area contributed by atoms with Crippen LogP contribution in [0.15, 0.2) is 0 Å². The third-order valence-electron chi connectivity index (χ3n) is 1.10. The second-order valence-corrected chi connectivity index (χ2v) is 3.20. The van der Waals surface area contributed by atoms with Crippen molar-refractivity contribution in [2.24, 2.45) is 0 Å². The van der Waals surface area contributed by atoms with E-state index < -0.39 is 10.4 Å². The maximum atomic E-state index is 8.63. The van der Waals surface area contributed by atoms with Crippen molar-refractivity contribution in [3.05, 3.63) is 6.92 Å². The van der Waals surface area contributed by atoms with E-state index in [1.165, 1.54) is 25.7 Å². The Balaban J connectivity index is -0.000000150. The molecule has 6 heteroatoms. The summed E-state index contributed by atoms with van der Waals surface area (Å²) in [5, 5.41) is 0. The van der Waals surface area contributed by atoms with E-state index >= 15 is 0 Å². The first-order chi connectivity index (χ1) is 5.41. The van der Waals surface area contributed by atoms with Gasteiger partial charge in [-0.25, -0.2) is 8.42 Å². The van der Waals surface area contributed by atoms with Gasteiger partial charge in [0.25, 0.3) is 0 Å². The summed E-state index contributed by atoms with van der Waals surface area (Å²) in [6.45, 7) is 5.98. The molecule has 0 fully saturated rings. The molecule has 0 spiro atoms. The smallest absolute Gasteiger partial charge is 0.726 e. The van der Waals surface area contributed by atoms with Gasteiger partial charge in [0.15, 0.2) is 0 Å². The fraction of sp³-hybridized carbons (Fsp3) is 0.857. The zero-order valence-electron chi connectivity index (χ0n) is 8.32. The molecule has 76 valence electrons. The van der Waals surface area contributed by atoms with Crippen LogP contribution in [-0.2, 0) is 10.4 Å². The minimum absolute atomic E-state index is 0. The Kier molecular flexibility index (Phi) is 19.2. The monoisotopic (exact) mass is 219 g/mol. The molecule has 0 rings (SSSR count). The van der Waals surface area contributed by atoms with Crippen molar-refractivity contribution in [3.63, 3.8) is 0 Å².